The van der Waals surface area contributed by atoms with Gasteiger partial charge in [0.2, 0.25) is 0 Å². The number of nitrogens with zero attached hydrogens (tertiary/aromatic N) is 1. The van der Waals surface area contributed by atoms with E-state index in [0.717, 1.165) is 25.9 Å². The Morgan fingerprint density at radius 3 is 2.83 bits per heavy atom. The highest BCUT2D eigenvalue weighted by Gasteiger charge is 2.42. The van der Waals surface area contributed by atoms with Crippen LogP contribution in [0.4, 0.5) is 0 Å². The zero-order chi connectivity index (χ0) is 12.4. The Hall–Kier alpha value is -0.0300. The van der Waals surface area contributed by atoms with Crippen molar-refractivity contribution in [3.63, 3.8) is 0 Å². The predicted octanol–water partition coefficient (Wildman–Crippen LogP) is 2.93. The van der Waals surface area contributed by atoms with E-state index in [1.165, 1.54) is 29.2 Å². The van der Waals surface area contributed by atoms with E-state index in [-0.39, 0.29) is 11.6 Å². The number of likely N-dealkylation sites (tertiary alicyclic amines) is 1. The smallest absolute Gasteiger partial charge is 0.0667 e. The third-order valence-corrected chi connectivity index (χ3v) is 6.35. The summed E-state index contributed by atoms with van der Waals surface area (Å²) in [4.78, 5) is 4.09. The molecule has 100 valence electrons. The number of thiophene rings is 1. The lowest BCUT2D eigenvalue weighted by Crippen LogP contribution is -2.53. The van der Waals surface area contributed by atoms with Gasteiger partial charge in [-0.3, -0.25) is 4.90 Å². The maximum atomic E-state index is 9.98. The molecule has 0 spiro atoms. The summed E-state index contributed by atoms with van der Waals surface area (Å²) in [5, 5.41) is 12.2. The normalized spacial score (nSPS) is 29.3. The van der Waals surface area contributed by atoms with Crippen LogP contribution < -0.4 is 0 Å². The maximum absolute atomic E-state index is 9.98. The Bertz CT molecular complexity index is 373. The monoisotopic (exact) mass is 283 g/mol. The first-order valence-corrected chi connectivity index (χ1v) is 8.89. The van der Waals surface area contributed by atoms with E-state index in [0.29, 0.717) is 0 Å². The van der Waals surface area contributed by atoms with E-state index in [4.69, 9.17) is 0 Å². The Morgan fingerprint density at radius 1 is 1.33 bits per heavy atom. The molecule has 0 aliphatic carbocycles. The molecule has 0 saturated carbocycles. The summed E-state index contributed by atoms with van der Waals surface area (Å²) >= 11 is 3.97. The van der Waals surface area contributed by atoms with Gasteiger partial charge in [-0.15, -0.1) is 11.3 Å². The standard InChI is InChI=1S/C14H21NOS2/c16-12-3-1-7-15(11-12)14(5-9-17-10-6-14)13-4-2-8-18-13/h2,4,8,12,16H,1,3,5-7,9-11H2. The maximum Gasteiger partial charge on any atom is 0.0667 e. The van der Waals surface area contributed by atoms with Crippen LogP contribution in [0.15, 0.2) is 17.5 Å². The van der Waals surface area contributed by atoms with Crippen molar-refractivity contribution in [3.8, 4) is 0 Å². The molecule has 3 heterocycles. The summed E-state index contributed by atoms with van der Waals surface area (Å²) < 4.78 is 0. The molecule has 2 nitrogen and oxygen atoms in total. The van der Waals surface area contributed by atoms with Crippen molar-refractivity contribution in [2.45, 2.75) is 37.3 Å². The Labute approximate surface area is 117 Å². The van der Waals surface area contributed by atoms with Crippen LogP contribution >= 0.6 is 23.1 Å². The Kier molecular flexibility index (Phi) is 3.99. The van der Waals surface area contributed by atoms with Gasteiger partial charge in [0.25, 0.3) is 0 Å². The number of aliphatic hydroxyl groups is 1. The number of β-amino-alcohol motifs (C(OH)–C–C–N with tert-alkyl or cyclic N) is 1. The fourth-order valence-electron chi connectivity index (χ4n) is 3.31. The van der Waals surface area contributed by atoms with E-state index in [1.807, 2.05) is 11.3 Å². The number of rotatable bonds is 2. The minimum absolute atomic E-state index is 0.120. The molecule has 2 aliphatic heterocycles. The van der Waals surface area contributed by atoms with Gasteiger partial charge in [-0.05, 0) is 55.2 Å². The number of aliphatic hydroxyl groups excluding tert-OH is 1. The molecule has 2 fully saturated rings. The minimum atomic E-state index is -0.120. The second-order valence-corrected chi connectivity index (χ2v) is 7.54. The molecule has 0 amide bonds. The lowest BCUT2D eigenvalue weighted by atomic mass is 9.86. The van der Waals surface area contributed by atoms with Crippen LogP contribution in [0, 0.1) is 0 Å². The molecule has 1 aromatic heterocycles. The minimum Gasteiger partial charge on any atom is -0.392 e. The van der Waals surface area contributed by atoms with Crippen molar-refractivity contribution in [1.82, 2.24) is 4.90 Å². The van der Waals surface area contributed by atoms with Gasteiger partial charge in [0, 0.05) is 11.4 Å². The molecule has 0 aromatic carbocycles. The average molecular weight is 283 g/mol. The van der Waals surface area contributed by atoms with Crippen LogP contribution in [0.5, 0.6) is 0 Å². The molecule has 1 atom stereocenters. The lowest BCUT2D eigenvalue weighted by molar-refractivity contribution is -0.00564. The van der Waals surface area contributed by atoms with Crippen molar-refractivity contribution in [1.29, 1.82) is 0 Å². The molecule has 1 aromatic rings. The topological polar surface area (TPSA) is 23.5 Å². The van der Waals surface area contributed by atoms with Crippen molar-refractivity contribution in [2.75, 3.05) is 24.6 Å². The van der Waals surface area contributed by atoms with Crippen LogP contribution in [0.25, 0.3) is 0 Å². The summed E-state index contributed by atoms with van der Waals surface area (Å²) in [5.41, 5.74) is 0.223. The summed E-state index contributed by atoms with van der Waals surface area (Å²) in [6.07, 6.45) is 4.48. The summed E-state index contributed by atoms with van der Waals surface area (Å²) in [5.74, 6) is 2.51. The van der Waals surface area contributed by atoms with Crippen LogP contribution in [0.1, 0.15) is 30.6 Å². The molecule has 4 heteroatoms. The fourth-order valence-corrected chi connectivity index (χ4v) is 5.50. The van der Waals surface area contributed by atoms with Gasteiger partial charge in [-0.1, -0.05) is 6.07 Å². The van der Waals surface area contributed by atoms with Crippen LogP contribution in [0.2, 0.25) is 0 Å². The first kappa shape index (κ1) is 13.0. The van der Waals surface area contributed by atoms with E-state index in [9.17, 15) is 5.11 Å². The highest BCUT2D eigenvalue weighted by Crippen LogP contribution is 2.44. The highest BCUT2D eigenvalue weighted by atomic mass is 32.2. The van der Waals surface area contributed by atoms with Gasteiger partial charge in [-0.25, -0.2) is 0 Å². The zero-order valence-electron chi connectivity index (χ0n) is 10.7. The Balaban J connectivity index is 1.89. The summed E-state index contributed by atoms with van der Waals surface area (Å²) in [6, 6.07) is 4.46. The van der Waals surface area contributed by atoms with Crippen LogP contribution in [0.3, 0.4) is 0 Å². The molecule has 0 radical (unpaired) electrons. The van der Waals surface area contributed by atoms with Crippen molar-refractivity contribution < 1.29 is 5.11 Å². The third kappa shape index (κ3) is 2.36. The molecular weight excluding hydrogens is 262 g/mol. The first-order valence-electron chi connectivity index (χ1n) is 6.86. The lowest BCUT2D eigenvalue weighted by Gasteiger charge is -2.48. The van der Waals surface area contributed by atoms with E-state index < -0.39 is 0 Å². The SMILES string of the molecule is OC1CCCN(C2(c3cccs3)CCSCC2)C1. The van der Waals surface area contributed by atoms with Crippen molar-refractivity contribution in [2.24, 2.45) is 0 Å². The Morgan fingerprint density at radius 2 is 2.17 bits per heavy atom. The molecule has 2 aliphatic rings. The summed E-state index contributed by atoms with van der Waals surface area (Å²) in [7, 11) is 0. The molecule has 1 unspecified atom stereocenters. The molecule has 0 bridgehead atoms. The number of piperidine rings is 1. The molecular formula is C14H21NOS2. The predicted molar refractivity (Wildman–Crippen MR) is 79.4 cm³/mol. The first-order chi connectivity index (χ1) is 8.81. The number of hydrogen-bond donors (Lipinski definition) is 1. The molecule has 18 heavy (non-hydrogen) atoms. The largest absolute Gasteiger partial charge is 0.392 e. The average Bonchev–Trinajstić information content (AvgIpc) is 2.94. The van der Waals surface area contributed by atoms with Crippen molar-refractivity contribution in [3.05, 3.63) is 22.4 Å². The second-order valence-electron chi connectivity index (χ2n) is 5.36. The third-order valence-electron chi connectivity index (χ3n) is 4.30. The fraction of sp³-hybridized carbons (Fsp3) is 0.714. The molecule has 1 N–H and O–H groups in total. The van der Waals surface area contributed by atoms with Crippen LogP contribution in [-0.2, 0) is 5.54 Å². The quantitative estimate of drug-likeness (QED) is 0.903. The molecule has 3 rings (SSSR count). The van der Waals surface area contributed by atoms with E-state index in [1.54, 1.807) is 0 Å². The van der Waals surface area contributed by atoms with Gasteiger partial charge in [0.15, 0.2) is 0 Å². The van der Waals surface area contributed by atoms with Gasteiger partial charge < -0.3 is 5.11 Å². The number of thioether (sulfide) groups is 1. The van der Waals surface area contributed by atoms with Crippen LogP contribution in [-0.4, -0.2) is 40.7 Å². The molecule has 2 saturated heterocycles. The van der Waals surface area contributed by atoms with Gasteiger partial charge in [0.05, 0.1) is 11.6 Å². The van der Waals surface area contributed by atoms with Crippen molar-refractivity contribution >= 4 is 23.1 Å². The summed E-state index contributed by atoms with van der Waals surface area (Å²) in [6.45, 7) is 2.02. The van der Waals surface area contributed by atoms with Gasteiger partial charge in [0.1, 0.15) is 0 Å². The van der Waals surface area contributed by atoms with E-state index >= 15 is 0 Å². The highest BCUT2D eigenvalue weighted by molar-refractivity contribution is 7.99. The van der Waals surface area contributed by atoms with Gasteiger partial charge in [-0.2, -0.15) is 11.8 Å². The second kappa shape index (κ2) is 5.53. The zero-order valence-corrected chi connectivity index (χ0v) is 12.3. The number of hydrogen-bond acceptors (Lipinski definition) is 4. The van der Waals surface area contributed by atoms with Gasteiger partial charge >= 0.3 is 0 Å². The van der Waals surface area contributed by atoms with E-state index in [2.05, 4.69) is 34.2 Å².